The fourth-order valence-corrected chi connectivity index (χ4v) is 2.26. The molecule has 21 heavy (non-hydrogen) atoms. The minimum atomic E-state index is 0.503. The Morgan fingerprint density at radius 1 is 1.14 bits per heavy atom. The van der Waals surface area contributed by atoms with Crippen molar-refractivity contribution in [3.63, 3.8) is 0 Å². The summed E-state index contributed by atoms with van der Waals surface area (Å²) in [5.41, 5.74) is 1.57. The van der Waals surface area contributed by atoms with Crippen LogP contribution >= 0.6 is 11.6 Å². The van der Waals surface area contributed by atoms with Crippen molar-refractivity contribution in [2.75, 3.05) is 7.05 Å². The first-order valence-electron chi connectivity index (χ1n) is 6.59. The molecule has 2 heterocycles. The Bertz CT molecular complexity index is 771. The summed E-state index contributed by atoms with van der Waals surface area (Å²) >= 11 is 6.10. The number of nitrogens with one attached hydrogen (secondary N) is 1. The average Bonchev–Trinajstić information content (AvgIpc) is 2.51. The lowest BCUT2D eigenvalue weighted by Gasteiger charge is -2.09. The van der Waals surface area contributed by atoms with E-state index < -0.39 is 0 Å². The van der Waals surface area contributed by atoms with Gasteiger partial charge in [-0.15, -0.1) is 0 Å². The van der Waals surface area contributed by atoms with Gasteiger partial charge in [-0.2, -0.15) is 0 Å². The molecule has 0 unspecified atom stereocenters. The fourth-order valence-electron chi connectivity index (χ4n) is 2.08. The minimum absolute atomic E-state index is 0.503. The molecule has 1 aromatic carbocycles. The number of hydrogen-bond donors (Lipinski definition) is 1. The third-order valence-corrected chi connectivity index (χ3v) is 3.39. The monoisotopic (exact) mass is 299 g/mol. The number of benzene rings is 1. The lowest BCUT2D eigenvalue weighted by Crippen LogP contribution is -2.07. The van der Waals surface area contributed by atoms with Crippen molar-refractivity contribution in [1.82, 2.24) is 15.3 Å². The number of rotatable bonds is 4. The summed E-state index contributed by atoms with van der Waals surface area (Å²) < 4.78 is 5.87. The molecule has 2 aromatic heterocycles. The van der Waals surface area contributed by atoms with Gasteiger partial charge < -0.3 is 10.1 Å². The number of halogens is 1. The summed E-state index contributed by atoms with van der Waals surface area (Å²) in [6.45, 7) is 0.587. The van der Waals surface area contributed by atoms with E-state index >= 15 is 0 Å². The Hall–Kier alpha value is -2.17. The normalized spacial score (nSPS) is 10.8. The molecule has 3 aromatic rings. The zero-order valence-corrected chi connectivity index (χ0v) is 12.3. The summed E-state index contributed by atoms with van der Waals surface area (Å²) in [6, 6.07) is 13.2. The van der Waals surface area contributed by atoms with Crippen LogP contribution in [-0.4, -0.2) is 17.0 Å². The molecule has 1 N–H and O–H groups in total. The van der Waals surface area contributed by atoms with Gasteiger partial charge in [0.05, 0.1) is 10.7 Å². The highest BCUT2D eigenvalue weighted by Gasteiger charge is 2.08. The summed E-state index contributed by atoms with van der Waals surface area (Å²) in [7, 11) is 1.85. The van der Waals surface area contributed by atoms with Gasteiger partial charge in [0.1, 0.15) is 5.52 Å². The highest BCUT2D eigenvalue weighted by molar-refractivity contribution is 6.31. The fraction of sp³-hybridized carbons (Fsp3) is 0.125. The van der Waals surface area contributed by atoms with Crippen LogP contribution in [0.15, 0.2) is 48.7 Å². The number of nitrogens with zero attached hydrogens (tertiary/aromatic N) is 2. The van der Waals surface area contributed by atoms with Crippen LogP contribution in [0.25, 0.3) is 10.9 Å². The first-order valence-corrected chi connectivity index (χ1v) is 6.97. The van der Waals surface area contributed by atoms with E-state index in [0.717, 1.165) is 16.6 Å². The third-order valence-electron chi connectivity index (χ3n) is 3.05. The Morgan fingerprint density at radius 3 is 2.86 bits per heavy atom. The van der Waals surface area contributed by atoms with Crippen LogP contribution in [0.5, 0.6) is 11.6 Å². The van der Waals surface area contributed by atoms with Crippen molar-refractivity contribution < 1.29 is 4.74 Å². The number of para-hydroxylation sites is 1. The minimum Gasteiger partial charge on any atom is -0.437 e. The molecule has 0 amide bonds. The zero-order chi connectivity index (χ0) is 14.7. The maximum Gasteiger partial charge on any atom is 0.219 e. The van der Waals surface area contributed by atoms with Crippen molar-refractivity contribution in [1.29, 1.82) is 0 Å². The van der Waals surface area contributed by atoms with Crippen LogP contribution in [0.1, 0.15) is 5.69 Å². The van der Waals surface area contributed by atoms with Crippen molar-refractivity contribution in [2.45, 2.75) is 6.54 Å². The maximum atomic E-state index is 6.10. The van der Waals surface area contributed by atoms with Gasteiger partial charge in [-0.1, -0.05) is 29.8 Å². The Morgan fingerprint density at radius 2 is 2.00 bits per heavy atom. The largest absolute Gasteiger partial charge is 0.437 e. The SMILES string of the molecule is CNCc1nc(Oc2cccc3cccnc23)ccc1Cl. The van der Waals surface area contributed by atoms with Gasteiger partial charge in [0, 0.05) is 24.2 Å². The van der Waals surface area contributed by atoms with Crippen LogP contribution in [0.3, 0.4) is 0 Å². The first-order chi connectivity index (χ1) is 10.3. The molecule has 3 rings (SSSR count). The number of pyridine rings is 2. The molecule has 0 spiro atoms. The second kappa shape index (κ2) is 6.08. The van der Waals surface area contributed by atoms with Crippen LogP contribution in [0.2, 0.25) is 5.02 Å². The molecule has 0 saturated heterocycles. The summed E-state index contributed by atoms with van der Waals surface area (Å²) in [5.74, 6) is 1.18. The molecule has 0 atom stereocenters. The van der Waals surface area contributed by atoms with E-state index in [1.165, 1.54) is 0 Å². The standard InChI is InChI=1S/C16H14ClN3O/c1-18-10-13-12(17)7-8-15(20-13)21-14-6-2-4-11-5-3-9-19-16(11)14/h2-9,18H,10H2,1H3. The summed E-state index contributed by atoms with van der Waals surface area (Å²) in [5, 5.41) is 4.68. The summed E-state index contributed by atoms with van der Waals surface area (Å²) in [4.78, 5) is 8.78. The van der Waals surface area contributed by atoms with Crippen molar-refractivity contribution in [2.24, 2.45) is 0 Å². The van der Waals surface area contributed by atoms with Crippen LogP contribution in [-0.2, 0) is 6.54 Å². The molecule has 4 nitrogen and oxygen atoms in total. The Labute approximate surface area is 127 Å². The number of ether oxygens (including phenoxy) is 1. The van der Waals surface area contributed by atoms with Gasteiger partial charge in [0.15, 0.2) is 5.75 Å². The van der Waals surface area contributed by atoms with Crippen molar-refractivity contribution >= 4 is 22.5 Å². The molecule has 0 aliphatic heterocycles. The quantitative estimate of drug-likeness (QED) is 0.796. The topological polar surface area (TPSA) is 47.0 Å². The number of fused-ring (bicyclic) bond motifs is 1. The van der Waals surface area contributed by atoms with E-state index in [9.17, 15) is 0 Å². The van der Waals surface area contributed by atoms with E-state index in [0.29, 0.717) is 23.2 Å². The van der Waals surface area contributed by atoms with Crippen molar-refractivity contribution in [3.05, 3.63) is 59.4 Å². The molecule has 0 aliphatic carbocycles. The van der Waals surface area contributed by atoms with Gasteiger partial charge in [-0.3, -0.25) is 4.98 Å². The molecule has 0 saturated carbocycles. The van der Waals surface area contributed by atoms with E-state index in [2.05, 4.69) is 15.3 Å². The van der Waals surface area contributed by atoms with E-state index in [4.69, 9.17) is 16.3 Å². The highest BCUT2D eigenvalue weighted by Crippen LogP contribution is 2.28. The van der Waals surface area contributed by atoms with Gasteiger partial charge in [-0.25, -0.2) is 4.98 Å². The van der Waals surface area contributed by atoms with Crippen LogP contribution in [0, 0.1) is 0 Å². The Balaban J connectivity index is 1.97. The molecule has 0 radical (unpaired) electrons. The molecular formula is C16H14ClN3O. The van der Waals surface area contributed by atoms with Gasteiger partial charge in [-0.05, 0) is 25.2 Å². The predicted octanol–water partition coefficient (Wildman–Crippen LogP) is 3.79. The third kappa shape index (κ3) is 2.96. The number of hydrogen-bond acceptors (Lipinski definition) is 4. The van der Waals surface area contributed by atoms with E-state index in [1.807, 2.05) is 37.4 Å². The van der Waals surface area contributed by atoms with Crippen LogP contribution in [0.4, 0.5) is 0 Å². The Kier molecular flexibility index (Phi) is 3.99. The molecule has 0 fully saturated rings. The smallest absolute Gasteiger partial charge is 0.219 e. The second-order valence-electron chi connectivity index (χ2n) is 4.54. The number of aromatic nitrogens is 2. The lowest BCUT2D eigenvalue weighted by atomic mass is 10.2. The van der Waals surface area contributed by atoms with Gasteiger partial charge >= 0.3 is 0 Å². The van der Waals surface area contributed by atoms with E-state index in [1.54, 1.807) is 18.3 Å². The average molecular weight is 300 g/mol. The van der Waals surface area contributed by atoms with E-state index in [-0.39, 0.29) is 0 Å². The molecule has 0 bridgehead atoms. The van der Waals surface area contributed by atoms with Gasteiger partial charge in [0.25, 0.3) is 0 Å². The van der Waals surface area contributed by atoms with Gasteiger partial charge in [0.2, 0.25) is 5.88 Å². The maximum absolute atomic E-state index is 6.10. The lowest BCUT2D eigenvalue weighted by molar-refractivity contribution is 0.464. The molecule has 106 valence electrons. The van der Waals surface area contributed by atoms with Crippen molar-refractivity contribution in [3.8, 4) is 11.6 Å². The predicted molar refractivity (Wildman–Crippen MR) is 83.8 cm³/mol. The van der Waals surface area contributed by atoms with Crippen LogP contribution < -0.4 is 10.1 Å². The molecule has 0 aliphatic rings. The first kappa shape index (κ1) is 13.8. The zero-order valence-electron chi connectivity index (χ0n) is 11.5. The summed E-state index contributed by atoms with van der Waals surface area (Å²) in [6.07, 6.45) is 1.75. The highest BCUT2D eigenvalue weighted by atomic mass is 35.5. The molecule has 5 heteroatoms. The second-order valence-corrected chi connectivity index (χ2v) is 4.95. The molecular weight excluding hydrogens is 286 g/mol.